The first-order valence-corrected chi connectivity index (χ1v) is 7.88. The van der Waals surface area contributed by atoms with Crippen LogP contribution in [0.25, 0.3) is 0 Å². The average molecular weight is 308 g/mol. The molecule has 0 amide bonds. The van der Waals surface area contributed by atoms with Crippen molar-refractivity contribution in [2.45, 2.75) is 32.4 Å². The first-order chi connectivity index (χ1) is 10.7. The fourth-order valence-electron chi connectivity index (χ4n) is 3.42. The highest BCUT2D eigenvalue weighted by atomic mass is 16.5. The van der Waals surface area contributed by atoms with E-state index in [4.69, 9.17) is 19.9 Å². The smallest absolute Gasteiger partial charge is 0.203 e. The number of methoxy groups -OCH3 is 3. The predicted molar refractivity (Wildman–Crippen MR) is 87.7 cm³/mol. The minimum atomic E-state index is 0.423. The van der Waals surface area contributed by atoms with Gasteiger partial charge in [0.1, 0.15) is 0 Å². The number of rotatable bonds is 6. The quantitative estimate of drug-likeness (QED) is 0.873. The monoisotopic (exact) mass is 308 g/mol. The van der Waals surface area contributed by atoms with Gasteiger partial charge in [0.15, 0.2) is 11.5 Å². The van der Waals surface area contributed by atoms with Crippen LogP contribution in [0.3, 0.4) is 0 Å². The molecule has 1 saturated heterocycles. The molecule has 1 aliphatic heterocycles. The van der Waals surface area contributed by atoms with Crippen LogP contribution in [0.5, 0.6) is 17.2 Å². The molecule has 1 heterocycles. The summed E-state index contributed by atoms with van der Waals surface area (Å²) in [6.07, 6.45) is 2.47. The Balaban J connectivity index is 2.28. The zero-order valence-corrected chi connectivity index (χ0v) is 14.1. The Morgan fingerprint density at radius 3 is 2.45 bits per heavy atom. The Labute approximate surface area is 133 Å². The second-order valence-corrected chi connectivity index (χ2v) is 5.89. The van der Waals surface area contributed by atoms with Crippen LogP contribution >= 0.6 is 0 Å². The molecule has 2 rings (SSSR count). The lowest BCUT2D eigenvalue weighted by Gasteiger charge is -2.39. The zero-order chi connectivity index (χ0) is 16.1. The third-order valence-electron chi connectivity index (χ3n) is 4.63. The normalized spacial score (nSPS) is 22.4. The van der Waals surface area contributed by atoms with Gasteiger partial charge < -0.3 is 19.9 Å². The second kappa shape index (κ2) is 7.70. The summed E-state index contributed by atoms with van der Waals surface area (Å²) in [4.78, 5) is 2.46. The highest BCUT2D eigenvalue weighted by Gasteiger charge is 2.28. The largest absolute Gasteiger partial charge is 0.493 e. The molecule has 22 heavy (non-hydrogen) atoms. The van der Waals surface area contributed by atoms with Crippen LogP contribution in [-0.2, 0) is 6.54 Å². The molecular formula is C17H28N2O3. The molecule has 5 nitrogen and oxygen atoms in total. The fraction of sp³-hybridized carbons (Fsp3) is 0.647. The third kappa shape index (κ3) is 3.31. The first kappa shape index (κ1) is 16.9. The molecule has 0 aromatic heterocycles. The van der Waals surface area contributed by atoms with Crippen molar-refractivity contribution in [1.82, 2.24) is 4.90 Å². The Morgan fingerprint density at radius 1 is 1.14 bits per heavy atom. The maximum Gasteiger partial charge on any atom is 0.203 e. The van der Waals surface area contributed by atoms with Gasteiger partial charge in [-0.25, -0.2) is 0 Å². The van der Waals surface area contributed by atoms with Crippen molar-refractivity contribution in [3.63, 3.8) is 0 Å². The Hall–Kier alpha value is -1.46. The summed E-state index contributed by atoms with van der Waals surface area (Å²) in [5, 5.41) is 0. The van der Waals surface area contributed by atoms with E-state index in [0.29, 0.717) is 30.0 Å². The van der Waals surface area contributed by atoms with Crippen LogP contribution in [0.1, 0.15) is 25.3 Å². The van der Waals surface area contributed by atoms with Gasteiger partial charge in [-0.3, -0.25) is 4.90 Å². The van der Waals surface area contributed by atoms with Crippen LogP contribution in [0.2, 0.25) is 0 Å². The first-order valence-electron chi connectivity index (χ1n) is 7.88. The van der Waals surface area contributed by atoms with Gasteiger partial charge in [-0.2, -0.15) is 0 Å². The molecule has 0 spiro atoms. The third-order valence-corrected chi connectivity index (χ3v) is 4.63. The van der Waals surface area contributed by atoms with Gasteiger partial charge in [-0.1, -0.05) is 13.0 Å². The van der Waals surface area contributed by atoms with Crippen molar-refractivity contribution in [2.24, 2.45) is 11.7 Å². The molecular weight excluding hydrogens is 280 g/mol. The molecule has 1 aliphatic rings. The number of ether oxygens (including phenoxy) is 3. The molecule has 0 bridgehead atoms. The lowest BCUT2D eigenvalue weighted by molar-refractivity contribution is 0.0980. The summed E-state index contributed by atoms with van der Waals surface area (Å²) in [7, 11) is 4.93. The number of hydrogen-bond donors (Lipinski definition) is 1. The van der Waals surface area contributed by atoms with Crippen LogP contribution in [0, 0.1) is 5.92 Å². The van der Waals surface area contributed by atoms with Crippen molar-refractivity contribution in [3.8, 4) is 17.2 Å². The van der Waals surface area contributed by atoms with E-state index in [9.17, 15) is 0 Å². The van der Waals surface area contributed by atoms with Crippen molar-refractivity contribution in [1.29, 1.82) is 0 Å². The lowest BCUT2D eigenvalue weighted by atomic mass is 9.90. The molecule has 1 aromatic rings. The number of nitrogens with zero attached hydrogens (tertiary/aromatic N) is 1. The van der Waals surface area contributed by atoms with E-state index in [0.717, 1.165) is 24.4 Å². The highest BCUT2D eigenvalue weighted by molar-refractivity contribution is 5.55. The molecule has 5 heteroatoms. The van der Waals surface area contributed by atoms with Gasteiger partial charge in [-0.15, -0.1) is 0 Å². The number of hydrogen-bond acceptors (Lipinski definition) is 5. The van der Waals surface area contributed by atoms with Crippen LogP contribution in [0.15, 0.2) is 12.1 Å². The van der Waals surface area contributed by atoms with E-state index in [1.807, 2.05) is 12.1 Å². The molecule has 0 radical (unpaired) electrons. The number of piperidine rings is 1. The SMILES string of the molecule is COc1ccc(CN2CCCC(C)C2CN)c(OC)c1OC. The van der Waals surface area contributed by atoms with Gasteiger partial charge in [0.25, 0.3) is 0 Å². The predicted octanol–water partition coefficient (Wildman–Crippen LogP) is 2.27. The van der Waals surface area contributed by atoms with Crippen LogP contribution in [0.4, 0.5) is 0 Å². The van der Waals surface area contributed by atoms with E-state index in [1.54, 1.807) is 21.3 Å². The maximum atomic E-state index is 5.99. The molecule has 124 valence electrons. The number of benzene rings is 1. The summed E-state index contributed by atoms with van der Waals surface area (Å²) in [6, 6.07) is 4.40. The Bertz CT molecular complexity index is 493. The number of likely N-dealkylation sites (tertiary alicyclic amines) is 1. The summed E-state index contributed by atoms with van der Waals surface area (Å²) in [5.74, 6) is 2.71. The molecule has 0 aliphatic carbocycles. The van der Waals surface area contributed by atoms with Gasteiger partial charge >= 0.3 is 0 Å². The summed E-state index contributed by atoms with van der Waals surface area (Å²) < 4.78 is 16.4. The van der Waals surface area contributed by atoms with E-state index >= 15 is 0 Å². The zero-order valence-electron chi connectivity index (χ0n) is 14.1. The van der Waals surface area contributed by atoms with Gasteiger partial charge in [0.2, 0.25) is 5.75 Å². The lowest BCUT2D eigenvalue weighted by Crippen LogP contribution is -2.48. The van der Waals surface area contributed by atoms with E-state index < -0.39 is 0 Å². The maximum absolute atomic E-state index is 5.99. The fourth-order valence-corrected chi connectivity index (χ4v) is 3.42. The Morgan fingerprint density at radius 2 is 1.86 bits per heavy atom. The average Bonchev–Trinajstić information content (AvgIpc) is 2.54. The van der Waals surface area contributed by atoms with E-state index in [1.165, 1.54) is 12.8 Å². The molecule has 2 unspecified atom stereocenters. The van der Waals surface area contributed by atoms with E-state index in [2.05, 4.69) is 11.8 Å². The van der Waals surface area contributed by atoms with Crippen LogP contribution in [-0.4, -0.2) is 45.4 Å². The minimum absolute atomic E-state index is 0.423. The van der Waals surface area contributed by atoms with Crippen molar-refractivity contribution in [2.75, 3.05) is 34.4 Å². The number of nitrogens with two attached hydrogens (primary N) is 1. The molecule has 1 aromatic carbocycles. The molecule has 0 saturated carbocycles. The molecule has 2 atom stereocenters. The molecule has 2 N–H and O–H groups in total. The standard InChI is InChI=1S/C17H28N2O3/c1-12-6-5-9-19(14(12)10-18)11-13-7-8-15(20-2)17(22-4)16(13)21-3/h7-8,12,14H,5-6,9-11,18H2,1-4H3. The van der Waals surface area contributed by atoms with Crippen molar-refractivity contribution in [3.05, 3.63) is 17.7 Å². The van der Waals surface area contributed by atoms with Crippen LogP contribution < -0.4 is 19.9 Å². The second-order valence-electron chi connectivity index (χ2n) is 5.89. The topological polar surface area (TPSA) is 57.0 Å². The van der Waals surface area contributed by atoms with Gasteiger partial charge in [-0.05, 0) is 31.4 Å². The van der Waals surface area contributed by atoms with E-state index in [-0.39, 0.29) is 0 Å². The van der Waals surface area contributed by atoms with Gasteiger partial charge in [0.05, 0.1) is 21.3 Å². The highest BCUT2D eigenvalue weighted by Crippen LogP contribution is 2.40. The van der Waals surface area contributed by atoms with Gasteiger partial charge in [0, 0.05) is 24.7 Å². The summed E-state index contributed by atoms with van der Waals surface area (Å²) in [5.41, 5.74) is 7.10. The Kier molecular flexibility index (Phi) is 5.91. The van der Waals surface area contributed by atoms with Crippen molar-refractivity contribution >= 4 is 0 Å². The minimum Gasteiger partial charge on any atom is -0.493 e. The summed E-state index contributed by atoms with van der Waals surface area (Å²) >= 11 is 0. The molecule has 1 fully saturated rings. The van der Waals surface area contributed by atoms with Crippen molar-refractivity contribution < 1.29 is 14.2 Å². The summed E-state index contributed by atoms with van der Waals surface area (Å²) in [6.45, 7) is 4.87.